The molecule has 2 N–H and O–H groups in total. The molecule has 4 rings (SSSR count). The van der Waals surface area contributed by atoms with Gasteiger partial charge in [0.05, 0.1) is 0 Å². The van der Waals surface area contributed by atoms with Crippen molar-refractivity contribution < 1.29 is 4.79 Å². The van der Waals surface area contributed by atoms with Crippen molar-refractivity contribution in [2.45, 2.75) is 37.6 Å². The minimum atomic E-state index is -0.0987. The predicted octanol–water partition coefficient (Wildman–Crippen LogP) is 3.95. The first kappa shape index (κ1) is 16.8. The molecule has 0 unspecified atom stereocenters. The molecule has 1 aromatic carbocycles. The van der Waals surface area contributed by atoms with E-state index in [9.17, 15) is 4.79 Å². The number of nitrogens with one attached hydrogen (secondary N) is 2. The molecule has 7 heteroatoms. The average Bonchev–Trinajstić information content (AvgIpc) is 3.15. The van der Waals surface area contributed by atoms with Crippen molar-refractivity contribution >= 4 is 23.5 Å². The zero-order chi connectivity index (χ0) is 17.9. The van der Waals surface area contributed by atoms with Crippen molar-refractivity contribution in [3.05, 3.63) is 65.2 Å². The molecular formula is C19H20ClN5O. The molecule has 1 amide bonds. The van der Waals surface area contributed by atoms with E-state index in [0.717, 1.165) is 24.2 Å². The number of aromatic nitrogens is 4. The van der Waals surface area contributed by atoms with Crippen LogP contribution in [0, 0.1) is 0 Å². The van der Waals surface area contributed by atoms with E-state index < -0.39 is 0 Å². The monoisotopic (exact) mass is 369 g/mol. The van der Waals surface area contributed by atoms with Crippen LogP contribution in [0.15, 0.2) is 48.8 Å². The Balaban J connectivity index is 1.45. The molecule has 0 aliphatic heterocycles. The van der Waals surface area contributed by atoms with E-state index >= 15 is 0 Å². The fraction of sp³-hybridized carbons (Fsp3) is 0.316. The molecule has 2 aromatic heterocycles. The molecule has 0 bridgehead atoms. The molecule has 2 heterocycles. The number of H-pyrrole nitrogens is 1. The number of hydrogen-bond donors (Lipinski definition) is 2. The molecule has 0 radical (unpaired) electrons. The van der Waals surface area contributed by atoms with Crippen LogP contribution in [0.1, 0.15) is 42.5 Å². The van der Waals surface area contributed by atoms with Gasteiger partial charge in [-0.1, -0.05) is 23.7 Å². The van der Waals surface area contributed by atoms with Crippen LogP contribution in [0.25, 0.3) is 0 Å². The molecule has 134 valence electrons. The maximum Gasteiger partial charge on any atom is 0.248 e. The second kappa shape index (κ2) is 7.33. The Morgan fingerprint density at radius 2 is 2.00 bits per heavy atom. The molecular weight excluding hydrogens is 350 g/mol. The minimum Gasteiger partial charge on any atom is -0.354 e. The third-order valence-electron chi connectivity index (χ3n) is 4.59. The number of halogens is 1. The zero-order valence-electron chi connectivity index (χ0n) is 14.2. The smallest absolute Gasteiger partial charge is 0.248 e. The van der Waals surface area contributed by atoms with Gasteiger partial charge >= 0.3 is 0 Å². The van der Waals surface area contributed by atoms with Gasteiger partial charge in [0.25, 0.3) is 0 Å². The number of aromatic amines is 1. The van der Waals surface area contributed by atoms with Crippen LogP contribution in [-0.2, 0) is 11.3 Å². The molecule has 3 aromatic rings. The van der Waals surface area contributed by atoms with Crippen molar-refractivity contribution in [2.75, 3.05) is 5.32 Å². The summed E-state index contributed by atoms with van der Waals surface area (Å²) >= 11 is 6.00. The Kier molecular flexibility index (Phi) is 4.75. The van der Waals surface area contributed by atoms with Gasteiger partial charge in [0, 0.05) is 42.2 Å². The number of carbonyl (C=O) groups is 1. The summed E-state index contributed by atoms with van der Waals surface area (Å²) in [5, 5.41) is 10.5. The van der Waals surface area contributed by atoms with Crippen LogP contribution in [0.2, 0.25) is 5.02 Å². The molecule has 1 aliphatic carbocycles. The summed E-state index contributed by atoms with van der Waals surface area (Å²) in [6.45, 7) is 0.712. The molecule has 1 atom stereocenters. The van der Waals surface area contributed by atoms with E-state index in [1.54, 1.807) is 0 Å². The molecule has 6 nitrogen and oxygen atoms in total. The van der Waals surface area contributed by atoms with Gasteiger partial charge in [0.2, 0.25) is 11.9 Å². The average molecular weight is 370 g/mol. The van der Waals surface area contributed by atoms with E-state index in [1.807, 2.05) is 48.8 Å². The number of carbonyl (C=O) groups excluding carboxylic acids is 1. The van der Waals surface area contributed by atoms with Crippen LogP contribution in [0.4, 0.5) is 5.95 Å². The zero-order valence-corrected chi connectivity index (χ0v) is 15.0. The van der Waals surface area contributed by atoms with Gasteiger partial charge in [0.15, 0.2) is 0 Å². The minimum absolute atomic E-state index is 0.0292. The van der Waals surface area contributed by atoms with Gasteiger partial charge < -0.3 is 4.57 Å². The summed E-state index contributed by atoms with van der Waals surface area (Å²) in [4.78, 5) is 16.9. The summed E-state index contributed by atoms with van der Waals surface area (Å²) in [5.74, 6) is 1.62. The number of anilines is 1. The molecule has 1 saturated carbocycles. The van der Waals surface area contributed by atoms with E-state index in [2.05, 4.69) is 25.1 Å². The van der Waals surface area contributed by atoms with Crippen LogP contribution in [0.3, 0.4) is 0 Å². The maximum absolute atomic E-state index is 12.5. The number of benzene rings is 1. The van der Waals surface area contributed by atoms with Crippen molar-refractivity contribution in [3.8, 4) is 0 Å². The molecule has 1 aliphatic rings. The summed E-state index contributed by atoms with van der Waals surface area (Å²) in [6, 6.07) is 11.6. The Bertz CT molecular complexity index is 868. The normalized spacial score (nSPS) is 15.0. The number of nitrogens with zero attached hydrogens (tertiary/aromatic N) is 3. The third kappa shape index (κ3) is 4.14. The Morgan fingerprint density at radius 3 is 2.69 bits per heavy atom. The van der Waals surface area contributed by atoms with Gasteiger partial charge in [0.1, 0.15) is 5.82 Å². The van der Waals surface area contributed by atoms with Crippen LogP contribution < -0.4 is 5.32 Å². The number of rotatable bonds is 7. The standard InChI is InChI=1S/C19H20ClN5O/c20-16-7-5-13(6-8-16)15(12-25-9-1-2-10-25)11-17(26)21-19-22-18(23-24-19)14-3-4-14/h1-2,5-10,14-15H,3-4,11-12H2,(H2,21,22,23,24,26)/t15-/m1/s1. The van der Waals surface area contributed by atoms with Crippen LogP contribution in [-0.4, -0.2) is 25.7 Å². The van der Waals surface area contributed by atoms with Gasteiger partial charge in [-0.05, 0) is 42.7 Å². The first-order valence-corrected chi connectivity index (χ1v) is 9.13. The fourth-order valence-corrected chi connectivity index (χ4v) is 3.16. The van der Waals surface area contributed by atoms with Gasteiger partial charge in [-0.3, -0.25) is 15.2 Å². The van der Waals surface area contributed by atoms with Crippen molar-refractivity contribution in [1.29, 1.82) is 0 Å². The second-order valence-corrected chi connectivity index (χ2v) is 7.14. The van der Waals surface area contributed by atoms with Gasteiger partial charge in [-0.15, -0.1) is 5.10 Å². The quantitative estimate of drug-likeness (QED) is 0.662. The first-order chi connectivity index (χ1) is 12.7. The van der Waals surface area contributed by atoms with E-state index in [-0.39, 0.29) is 11.8 Å². The fourth-order valence-electron chi connectivity index (χ4n) is 3.04. The lowest BCUT2D eigenvalue weighted by Gasteiger charge is -2.18. The highest BCUT2D eigenvalue weighted by Gasteiger charge is 2.27. The molecule has 1 fully saturated rings. The van der Waals surface area contributed by atoms with E-state index in [0.29, 0.717) is 29.9 Å². The number of amides is 1. The summed E-state index contributed by atoms with van der Waals surface area (Å²) in [6.07, 6.45) is 6.61. The Labute approximate surface area is 156 Å². The Morgan fingerprint density at radius 1 is 1.27 bits per heavy atom. The third-order valence-corrected chi connectivity index (χ3v) is 4.84. The SMILES string of the molecule is O=C(C[C@H](Cn1cccc1)c1ccc(Cl)cc1)Nc1n[nH]c(C2CC2)n1. The lowest BCUT2D eigenvalue weighted by atomic mass is 9.95. The Hall–Kier alpha value is -2.60. The van der Waals surface area contributed by atoms with Crippen molar-refractivity contribution in [3.63, 3.8) is 0 Å². The maximum atomic E-state index is 12.5. The highest BCUT2D eigenvalue weighted by molar-refractivity contribution is 6.30. The summed E-state index contributed by atoms with van der Waals surface area (Å²) in [5.41, 5.74) is 1.08. The van der Waals surface area contributed by atoms with Crippen molar-refractivity contribution in [2.24, 2.45) is 0 Å². The van der Waals surface area contributed by atoms with E-state index in [1.165, 1.54) is 0 Å². The van der Waals surface area contributed by atoms with Gasteiger partial charge in [-0.2, -0.15) is 4.98 Å². The summed E-state index contributed by atoms with van der Waals surface area (Å²) in [7, 11) is 0. The lowest BCUT2D eigenvalue weighted by Crippen LogP contribution is -2.19. The van der Waals surface area contributed by atoms with Crippen LogP contribution in [0.5, 0.6) is 0 Å². The van der Waals surface area contributed by atoms with Gasteiger partial charge in [-0.25, -0.2) is 0 Å². The lowest BCUT2D eigenvalue weighted by molar-refractivity contribution is -0.116. The topological polar surface area (TPSA) is 75.6 Å². The predicted molar refractivity (Wildman–Crippen MR) is 100 cm³/mol. The first-order valence-electron chi connectivity index (χ1n) is 8.76. The second-order valence-electron chi connectivity index (χ2n) is 6.70. The van der Waals surface area contributed by atoms with E-state index in [4.69, 9.17) is 11.6 Å². The highest BCUT2D eigenvalue weighted by atomic mass is 35.5. The summed E-state index contributed by atoms with van der Waals surface area (Å²) < 4.78 is 2.07. The molecule has 0 saturated heterocycles. The largest absolute Gasteiger partial charge is 0.354 e. The van der Waals surface area contributed by atoms with Crippen LogP contribution >= 0.6 is 11.6 Å². The van der Waals surface area contributed by atoms with Crippen molar-refractivity contribution in [1.82, 2.24) is 19.7 Å². The highest BCUT2D eigenvalue weighted by Crippen LogP contribution is 2.38. The molecule has 0 spiro atoms. The molecule has 26 heavy (non-hydrogen) atoms. The number of hydrogen-bond acceptors (Lipinski definition) is 3.